The van der Waals surface area contributed by atoms with E-state index >= 15 is 0 Å². The fourth-order valence-electron chi connectivity index (χ4n) is 4.04. The van der Waals surface area contributed by atoms with Crippen LogP contribution in [0.3, 0.4) is 0 Å². The van der Waals surface area contributed by atoms with Crippen LogP contribution in [0.1, 0.15) is 58.4 Å². The van der Waals surface area contributed by atoms with Crippen LogP contribution in [0.5, 0.6) is 5.75 Å². The summed E-state index contributed by atoms with van der Waals surface area (Å²) in [5.41, 5.74) is 7.58. The highest BCUT2D eigenvalue weighted by Crippen LogP contribution is 2.27. The standard InChI is InChI=1S/C28H29N3O3/c1-18(2)21-11-7-20(8-12-21)17-31-26(22-13-15-24(34-4)16-14-22)25(28(33)30-31)29-27(32)23-9-5-19(3)6-10-23/h5-18,25-26H,1-4H3,(H-,29,30,32,33)/p+1/b31-17-/t25-,26-/m1/s1. The van der Waals surface area contributed by atoms with E-state index in [0.29, 0.717) is 11.5 Å². The zero-order valence-corrected chi connectivity index (χ0v) is 19.9. The molecule has 1 fully saturated rings. The minimum Gasteiger partial charge on any atom is -0.497 e. The van der Waals surface area contributed by atoms with Crippen molar-refractivity contribution in [1.29, 1.82) is 0 Å². The van der Waals surface area contributed by atoms with Crippen LogP contribution in [0.4, 0.5) is 0 Å². The number of rotatable bonds is 6. The van der Waals surface area contributed by atoms with Crippen LogP contribution in [-0.2, 0) is 4.79 Å². The first-order chi connectivity index (χ1) is 16.4. The summed E-state index contributed by atoms with van der Waals surface area (Å²) in [6.45, 7) is 6.27. The van der Waals surface area contributed by atoms with Crippen LogP contribution in [0.25, 0.3) is 0 Å². The van der Waals surface area contributed by atoms with Gasteiger partial charge in [-0.25, -0.2) is 0 Å². The van der Waals surface area contributed by atoms with Gasteiger partial charge in [-0.1, -0.05) is 43.7 Å². The van der Waals surface area contributed by atoms with Gasteiger partial charge in [0, 0.05) is 16.7 Å². The molecule has 2 amide bonds. The third kappa shape index (κ3) is 5.01. The quantitative estimate of drug-likeness (QED) is 0.548. The Morgan fingerprint density at radius 2 is 1.65 bits per heavy atom. The first-order valence-corrected chi connectivity index (χ1v) is 11.4. The lowest BCUT2D eigenvalue weighted by Crippen LogP contribution is -2.42. The Balaban J connectivity index is 1.68. The van der Waals surface area contributed by atoms with E-state index in [1.54, 1.807) is 23.9 Å². The van der Waals surface area contributed by atoms with Crippen molar-refractivity contribution >= 4 is 18.0 Å². The average molecular weight is 457 g/mol. The SMILES string of the molecule is COc1ccc([C@@H]2[C@@H](NC(=O)c3ccc(C)cc3)C(=O)N/[N+]2=C\c2ccc(C(C)C)cc2)cc1. The van der Waals surface area contributed by atoms with Crippen molar-refractivity contribution in [3.8, 4) is 5.75 Å². The number of nitrogens with one attached hydrogen (secondary N) is 2. The Hall–Kier alpha value is -3.93. The van der Waals surface area contributed by atoms with Crippen LogP contribution < -0.4 is 15.5 Å². The third-order valence-electron chi connectivity index (χ3n) is 6.09. The summed E-state index contributed by atoms with van der Waals surface area (Å²) in [6.07, 6.45) is 1.90. The molecule has 0 unspecified atom stereocenters. The molecular formula is C28H30N3O3+. The first-order valence-electron chi connectivity index (χ1n) is 11.4. The largest absolute Gasteiger partial charge is 0.497 e. The lowest BCUT2D eigenvalue weighted by atomic mass is 9.99. The molecule has 34 heavy (non-hydrogen) atoms. The number of methoxy groups -OCH3 is 1. The van der Waals surface area contributed by atoms with Crippen molar-refractivity contribution < 1.29 is 19.0 Å². The first kappa shape index (κ1) is 23.2. The van der Waals surface area contributed by atoms with E-state index in [9.17, 15) is 9.59 Å². The maximum atomic E-state index is 13.0. The number of hydrogen-bond donors (Lipinski definition) is 2. The molecule has 3 aromatic rings. The molecule has 1 heterocycles. The van der Waals surface area contributed by atoms with Crippen molar-refractivity contribution in [3.05, 3.63) is 101 Å². The fourth-order valence-corrected chi connectivity index (χ4v) is 4.04. The molecule has 0 aliphatic carbocycles. The topological polar surface area (TPSA) is 70.4 Å². The summed E-state index contributed by atoms with van der Waals surface area (Å²) in [5, 5.41) is 2.94. The summed E-state index contributed by atoms with van der Waals surface area (Å²) in [5.74, 6) is 0.605. The van der Waals surface area contributed by atoms with Crippen LogP contribution in [-0.4, -0.2) is 35.9 Å². The molecule has 0 spiro atoms. The number of ether oxygens (including phenoxy) is 1. The second-order valence-corrected chi connectivity index (χ2v) is 8.87. The van der Waals surface area contributed by atoms with Crippen molar-refractivity contribution in [2.75, 3.05) is 7.11 Å². The minimum absolute atomic E-state index is 0.267. The predicted octanol–water partition coefficient (Wildman–Crippen LogP) is 4.14. The monoisotopic (exact) mass is 456 g/mol. The van der Waals surface area contributed by atoms with Gasteiger partial charge in [0.1, 0.15) is 5.75 Å². The summed E-state index contributed by atoms with van der Waals surface area (Å²) >= 11 is 0. The van der Waals surface area contributed by atoms with E-state index in [1.165, 1.54) is 5.56 Å². The summed E-state index contributed by atoms with van der Waals surface area (Å²) in [6, 6.07) is 21.9. The molecule has 3 aromatic carbocycles. The van der Waals surface area contributed by atoms with Crippen LogP contribution in [0.15, 0.2) is 72.8 Å². The van der Waals surface area contributed by atoms with E-state index < -0.39 is 12.1 Å². The Bertz CT molecular complexity index is 1200. The van der Waals surface area contributed by atoms with Gasteiger partial charge in [-0.05, 0) is 66.9 Å². The van der Waals surface area contributed by atoms with Crippen molar-refractivity contribution in [3.63, 3.8) is 0 Å². The number of benzene rings is 3. The number of hydrazine groups is 1. The third-order valence-corrected chi connectivity index (χ3v) is 6.09. The zero-order chi connectivity index (χ0) is 24.2. The summed E-state index contributed by atoms with van der Waals surface area (Å²) in [4.78, 5) is 26.0. The number of carbonyl (C=O) groups excluding carboxylic acids is 2. The second kappa shape index (κ2) is 9.91. The molecule has 6 nitrogen and oxygen atoms in total. The molecule has 6 heteroatoms. The number of hydrogen-bond acceptors (Lipinski definition) is 3. The molecule has 0 bridgehead atoms. The van der Waals surface area contributed by atoms with Gasteiger partial charge in [0.2, 0.25) is 12.3 Å². The van der Waals surface area contributed by atoms with Gasteiger partial charge in [0.25, 0.3) is 5.91 Å². The Morgan fingerprint density at radius 3 is 2.24 bits per heavy atom. The minimum atomic E-state index is -0.770. The Morgan fingerprint density at radius 1 is 1.00 bits per heavy atom. The molecule has 1 saturated heterocycles. The number of nitrogens with zero attached hydrogens (tertiary/aromatic N) is 1. The highest BCUT2D eigenvalue weighted by molar-refractivity contribution is 5.98. The van der Waals surface area contributed by atoms with Gasteiger partial charge in [-0.3, -0.25) is 9.59 Å². The van der Waals surface area contributed by atoms with Crippen LogP contribution >= 0.6 is 0 Å². The molecule has 1 aliphatic rings. The van der Waals surface area contributed by atoms with Gasteiger partial charge in [0.15, 0.2) is 6.04 Å². The maximum Gasteiger partial charge on any atom is 0.304 e. The van der Waals surface area contributed by atoms with Gasteiger partial charge < -0.3 is 10.1 Å². The van der Waals surface area contributed by atoms with E-state index in [0.717, 1.165) is 22.4 Å². The summed E-state index contributed by atoms with van der Waals surface area (Å²) in [7, 11) is 1.61. The summed E-state index contributed by atoms with van der Waals surface area (Å²) < 4.78 is 7.06. The van der Waals surface area contributed by atoms with Gasteiger partial charge >= 0.3 is 5.91 Å². The zero-order valence-electron chi connectivity index (χ0n) is 19.9. The molecular weight excluding hydrogens is 426 g/mol. The van der Waals surface area contributed by atoms with Gasteiger partial charge in [-0.2, -0.15) is 0 Å². The lowest BCUT2D eigenvalue weighted by Gasteiger charge is -2.15. The second-order valence-electron chi connectivity index (χ2n) is 8.87. The smallest absolute Gasteiger partial charge is 0.304 e. The molecule has 0 radical (unpaired) electrons. The van der Waals surface area contributed by atoms with E-state index in [-0.39, 0.29) is 11.8 Å². The average Bonchev–Trinajstić information content (AvgIpc) is 3.14. The van der Waals surface area contributed by atoms with Crippen molar-refractivity contribution in [1.82, 2.24) is 10.7 Å². The normalized spacial score (nSPS) is 18.7. The van der Waals surface area contributed by atoms with Crippen molar-refractivity contribution in [2.45, 2.75) is 38.8 Å². The number of amides is 2. The van der Waals surface area contributed by atoms with Crippen LogP contribution in [0.2, 0.25) is 0 Å². The molecule has 2 N–H and O–H groups in total. The highest BCUT2D eigenvalue weighted by atomic mass is 16.5. The molecule has 0 aromatic heterocycles. The highest BCUT2D eigenvalue weighted by Gasteiger charge is 2.47. The molecule has 174 valence electrons. The van der Waals surface area contributed by atoms with E-state index in [1.807, 2.05) is 61.7 Å². The van der Waals surface area contributed by atoms with Crippen molar-refractivity contribution in [2.24, 2.45) is 0 Å². The Labute approximate surface area is 200 Å². The van der Waals surface area contributed by atoms with Gasteiger partial charge in [-0.15, -0.1) is 10.1 Å². The van der Waals surface area contributed by atoms with Crippen LogP contribution in [0, 0.1) is 6.92 Å². The lowest BCUT2D eigenvalue weighted by molar-refractivity contribution is -0.596. The van der Waals surface area contributed by atoms with E-state index in [4.69, 9.17) is 4.74 Å². The number of aryl methyl sites for hydroxylation is 1. The Kier molecular flexibility index (Phi) is 6.77. The number of hydrazone groups is 1. The fraction of sp³-hybridized carbons (Fsp3) is 0.250. The molecule has 0 saturated carbocycles. The predicted molar refractivity (Wildman–Crippen MR) is 132 cm³/mol. The molecule has 1 aliphatic heterocycles. The number of carbonyl (C=O) groups is 2. The molecule has 4 rings (SSSR count). The molecule has 2 atom stereocenters. The van der Waals surface area contributed by atoms with E-state index in [2.05, 4.69) is 36.7 Å². The maximum absolute atomic E-state index is 13.0. The van der Waals surface area contributed by atoms with Gasteiger partial charge in [0.05, 0.1) is 7.11 Å².